The van der Waals surface area contributed by atoms with Crippen molar-refractivity contribution < 1.29 is 9.59 Å². The zero-order valence-electron chi connectivity index (χ0n) is 10.1. The lowest BCUT2D eigenvalue weighted by atomic mass is 10.1. The van der Waals surface area contributed by atoms with E-state index >= 15 is 0 Å². The average Bonchev–Trinajstić information content (AvgIpc) is 2.59. The number of rotatable bonds is 3. The van der Waals surface area contributed by atoms with Crippen molar-refractivity contribution in [1.82, 2.24) is 4.90 Å². The first-order chi connectivity index (χ1) is 8.08. The molecule has 0 aliphatic carbocycles. The molecule has 17 heavy (non-hydrogen) atoms. The van der Waals surface area contributed by atoms with E-state index in [1.54, 1.807) is 23.8 Å². The molecule has 1 aliphatic rings. The molecule has 4 heteroatoms. The molecule has 0 saturated carbocycles. The van der Waals surface area contributed by atoms with E-state index in [9.17, 15) is 9.59 Å². The van der Waals surface area contributed by atoms with E-state index < -0.39 is 0 Å². The van der Waals surface area contributed by atoms with Crippen LogP contribution in [-0.2, 0) is 11.2 Å². The number of ketones is 1. The minimum atomic E-state index is 0.0185. The zero-order valence-corrected chi connectivity index (χ0v) is 10.1. The number of urea groups is 1. The van der Waals surface area contributed by atoms with Gasteiger partial charge in [-0.15, -0.1) is 0 Å². The fraction of sp³-hybridized carbons (Fsp3) is 0.385. The lowest BCUT2D eigenvalue weighted by molar-refractivity contribution is -0.116. The number of amides is 2. The van der Waals surface area contributed by atoms with E-state index in [0.29, 0.717) is 13.0 Å². The van der Waals surface area contributed by atoms with Crippen LogP contribution in [0.15, 0.2) is 24.3 Å². The lowest BCUT2D eigenvalue weighted by Crippen LogP contribution is -2.29. The quantitative estimate of drug-likeness (QED) is 0.795. The van der Waals surface area contributed by atoms with Crippen LogP contribution in [-0.4, -0.2) is 36.9 Å². The Kier molecular flexibility index (Phi) is 3.13. The Morgan fingerprint density at radius 1 is 1.35 bits per heavy atom. The number of anilines is 1. The molecule has 0 unspecified atom stereocenters. The van der Waals surface area contributed by atoms with Crippen molar-refractivity contribution in [3.8, 4) is 0 Å². The zero-order chi connectivity index (χ0) is 12.4. The maximum atomic E-state index is 11.8. The minimum Gasteiger partial charge on any atom is -0.326 e. The molecule has 1 fully saturated rings. The molecule has 2 amide bonds. The van der Waals surface area contributed by atoms with Crippen LogP contribution in [0, 0.1) is 0 Å². The molecule has 0 aromatic heterocycles. The second-order valence-corrected chi connectivity index (χ2v) is 4.40. The summed E-state index contributed by atoms with van der Waals surface area (Å²) in [6.07, 6.45) is 0.422. The van der Waals surface area contributed by atoms with Crippen LogP contribution in [0.25, 0.3) is 0 Å². The Labute approximate surface area is 101 Å². The first-order valence-electron chi connectivity index (χ1n) is 5.69. The van der Waals surface area contributed by atoms with Crippen molar-refractivity contribution >= 4 is 17.5 Å². The summed E-state index contributed by atoms with van der Waals surface area (Å²) in [6.45, 7) is 3.02. The molecule has 1 saturated heterocycles. The first-order valence-corrected chi connectivity index (χ1v) is 5.69. The van der Waals surface area contributed by atoms with Gasteiger partial charge in [-0.1, -0.05) is 12.1 Å². The summed E-state index contributed by atoms with van der Waals surface area (Å²) in [5, 5.41) is 0. The third kappa shape index (κ3) is 2.46. The number of Topliss-reactive ketones (excluding diaryl/α,β-unsaturated/α-hetero) is 1. The van der Waals surface area contributed by atoms with Crippen LogP contribution in [0.5, 0.6) is 0 Å². The van der Waals surface area contributed by atoms with E-state index in [0.717, 1.165) is 17.8 Å². The van der Waals surface area contributed by atoms with E-state index in [1.165, 1.54) is 0 Å². The van der Waals surface area contributed by atoms with Crippen molar-refractivity contribution in [3.63, 3.8) is 0 Å². The van der Waals surface area contributed by atoms with Gasteiger partial charge < -0.3 is 4.90 Å². The van der Waals surface area contributed by atoms with Crippen LogP contribution < -0.4 is 4.90 Å². The van der Waals surface area contributed by atoms with Gasteiger partial charge in [0, 0.05) is 32.2 Å². The fourth-order valence-corrected chi connectivity index (χ4v) is 2.01. The summed E-state index contributed by atoms with van der Waals surface area (Å²) in [6, 6.07) is 7.64. The number of likely N-dealkylation sites (N-methyl/N-ethyl adjacent to an activating group) is 1. The Hall–Kier alpha value is -1.84. The van der Waals surface area contributed by atoms with Crippen molar-refractivity contribution in [2.75, 3.05) is 25.0 Å². The molecule has 0 atom stereocenters. The normalized spacial score (nSPS) is 15.5. The third-order valence-electron chi connectivity index (χ3n) is 2.89. The molecular formula is C13H16N2O2. The van der Waals surface area contributed by atoms with Gasteiger partial charge in [-0.25, -0.2) is 4.79 Å². The number of carbonyl (C=O) groups excluding carboxylic acids is 2. The summed E-state index contributed by atoms with van der Waals surface area (Å²) >= 11 is 0. The van der Waals surface area contributed by atoms with E-state index in [4.69, 9.17) is 0 Å². The number of hydrogen-bond donors (Lipinski definition) is 0. The molecule has 90 valence electrons. The van der Waals surface area contributed by atoms with Crippen LogP contribution in [0.1, 0.15) is 12.5 Å². The molecule has 1 aliphatic heterocycles. The second kappa shape index (κ2) is 4.57. The monoisotopic (exact) mass is 232 g/mol. The maximum absolute atomic E-state index is 11.8. The standard InChI is InChI=1S/C13H16N2O2/c1-10(16)8-11-4-3-5-12(9-11)15-7-6-14(2)13(15)17/h3-5,9H,6-8H2,1-2H3. The molecule has 0 spiro atoms. The van der Waals surface area contributed by atoms with Gasteiger partial charge in [-0.2, -0.15) is 0 Å². The van der Waals surface area contributed by atoms with Gasteiger partial charge in [0.25, 0.3) is 0 Å². The Morgan fingerprint density at radius 2 is 2.12 bits per heavy atom. The highest BCUT2D eigenvalue weighted by Crippen LogP contribution is 2.21. The summed E-state index contributed by atoms with van der Waals surface area (Å²) in [5.41, 5.74) is 1.83. The topological polar surface area (TPSA) is 40.6 Å². The smallest absolute Gasteiger partial charge is 0.324 e. The van der Waals surface area contributed by atoms with E-state index in [-0.39, 0.29) is 11.8 Å². The first kappa shape index (κ1) is 11.6. The summed E-state index contributed by atoms with van der Waals surface area (Å²) in [4.78, 5) is 26.3. The summed E-state index contributed by atoms with van der Waals surface area (Å²) < 4.78 is 0. The van der Waals surface area contributed by atoms with Gasteiger partial charge in [0.1, 0.15) is 5.78 Å². The van der Waals surface area contributed by atoms with Gasteiger partial charge in [0.15, 0.2) is 0 Å². The predicted molar refractivity (Wildman–Crippen MR) is 66.2 cm³/mol. The molecule has 1 aromatic rings. The Morgan fingerprint density at radius 3 is 2.71 bits per heavy atom. The van der Waals surface area contributed by atoms with Crippen LogP contribution >= 0.6 is 0 Å². The van der Waals surface area contributed by atoms with Gasteiger partial charge in [-0.05, 0) is 24.6 Å². The highest BCUT2D eigenvalue weighted by atomic mass is 16.2. The Bertz CT molecular complexity index is 456. The second-order valence-electron chi connectivity index (χ2n) is 4.40. The average molecular weight is 232 g/mol. The number of hydrogen-bond acceptors (Lipinski definition) is 2. The Balaban J connectivity index is 2.21. The summed E-state index contributed by atoms with van der Waals surface area (Å²) in [5.74, 6) is 0.131. The largest absolute Gasteiger partial charge is 0.326 e. The van der Waals surface area contributed by atoms with Crippen molar-refractivity contribution in [2.24, 2.45) is 0 Å². The van der Waals surface area contributed by atoms with Crippen molar-refractivity contribution in [3.05, 3.63) is 29.8 Å². The SMILES string of the molecule is CC(=O)Cc1cccc(N2CCN(C)C2=O)c1. The van der Waals surface area contributed by atoms with Gasteiger partial charge in [0.05, 0.1) is 0 Å². The molecule has 0 radical (unpaired) electrons. The summed E-state index contributed by atoms with van der Waals surface area (Å²) in [7, 11) is 1.79. The van der Waals surface area contributed by atoms with Crippen LogP contribution in [0.3, 0.4) is 0 Å². The fourth-order valence-electron chi connectivity index (χ4n) is 2.01. The van der Waals surface area contributed by atoms with Gasteiger partial charge >= 0.3 is 6.03 Å². The van der Waals surface area contributed by atoms with Crippen molar-refractivity contribution in [2.45, 2.75) is 13.3 Å². The highest BCUT2D eigenvalue weighted by Gasteiger charge is 2.26. The highest BCUT2D eigenvalue weighted by molar-refractivity contribution is 5.94. The lowest BCUT2D eigenvalue weighted by Gasteiger charge is -2.16. The molecule has 0 N–H and O–H groups in total. The number of carbonyl (C=O) groups is 2. The van der Waals surface area contributed by atoms with Crippen LogP contribution in [0.2, 0.25) is 0 Å². The number of nitrogens with zero attached hydrogens (tertiary/aromatic N) is 2. The van der Waals surface area contributed by atoms with Gasteiger partial charge in [0.2, 0.25) is 0 Å². The van der Waals surface area contributed by atoms with E-state index in [2.05, 4.69) is 0 Å². The molecule has 1 aromatic carbocycles. The minimum absolute atomic E-state index is 0.0185. The third-order valence-corrected chi connectivity index (χ3v) is 2.89. The van der Waals surface area contributed by atoms with Crippen LogP contribution in [0.4, 0.5) is 10.5 Å². The molecule has 0 bridgehead atoms. The van der Waals surface area contributed by atoms with Gasteiger partial charge in [-0.3, -0.25) is 9.69 Å². The predicted octanol–water partition coefficient (Wildman–Crippen LogP) is 1.69. The molecule has 1 heterocycles. The molecule has 4 nitrogen and oxygen atoms in total. The molecule has 2 rings (SSSR count). The molecular weight excluding hydrogens is 216 g/mol. The number of benzene rings is 1. The maximum Gasteiger partial charge on any atom is 0.324 e. The van der Waals surface area contributed by atoms with E-state index in [1.807, 2.05) is 24.3 Å². The van der Waals surface area contributed by atoms with Crippen molar-refractivity contribution in [1.29, 1.82) is 0 Å².